The van der Waals surface area contributed by atoms with Crippen molar-refractivity contribution in [1.29, 1.82) is 0 Å². The Hall–Kier alpha value is -1.06. The van der Waals surface area contributed by atoms with Gasteiger partial charge in [-0.15, -0.1) is 11.8 Å². The summed E-state index contributed by atoms with van der Waals surface area (Å²) in [7, 11) is 0. The molecule has 4 heteroatoms. The first-order valence-corrected chi connectivity index (χ1v) is 6.33. The van der Waals surface area contributed by atoms with Crippen LogP contribution >= 0.6 is 23.4 Å². The number of hydrogen-bond acceptors (Lipinski definition) is 1. The van der Waals surface area contributed by atoms with E-state index in [-0.39, 0.29) is 11.6 Å². The standard InChI is InChI=1S/C13H9ClF2S/c14-10-5-12(16)7-13(6-10)17-8-9-2-1-3-11(15)4-9/h1-7H,8H2. The van der Waals surface area contributed by atoms with Crippen LogP contribution in [-0.4, -0.2) is 0 Å². The average molecular weight is 271 g/mol. The van der Waals surface area contributed by atoms with Gasteiger partial charge in [0.15, 0.2) is 0 Å². The van der Waals surface area contributed by atoms with Gasteiger partial charge in [0.1, 0.15) is 11.6 Å². The number of rotatable bonds is 3. The molecule has 0 aromatic heterocycles. The Bertz CT molecular complexity index is 508. The van der Waals surface area contributed by atoms with E-state index >= 15 is 0 Å². The summed E-state index contributed by atoms with van der Waals surface area (Å²) < 4.78 is 26.0. The molecule has 0 spiro atoms. The van der Waals surface area contributed by atoms with Crippen LogP contribution in [0.15, 0.2) is 47.4 Å². The topological polar surface area (TPSA) is 0 Å². The van der Waals surface area contributed by atoms with Crippen LogP contribution in [0.5, 0.6) is 0 Å². The second-order valence-electron chi connectivity index (χ2n) is 3.52. The molecule has 0 saturated carbocycles. The summed E-state index contributed by atoms with van der Waals surface area (Å²) in [6.07, 6.45) is 0. The van der Waals surface area contributed by atoms with Crippen LogP contribution in [0, 0.1) is 11.6 Å². The smallest absolute Gasteiger partial charge is 0.125 e. The van der Waals surface area contributed by atoms with Crippen LogP contribution in [0.2, 0.25) is 5.02 Å². The van der Waals surface area contributed by atoms with Crippen LogP contribution in [0.1, 0.15) is 5.56 Å². The lowest BCUT2D eigenvalue weighted by molar-refractivity contribution is 0.624. The van der Waals surface area contributed by atoms with E-state index in [0.29, 0.717) is 10.8 Å². The zero-order valence-corrected chi connectivity index (χ0v) is 10.4. The molecule has 0 nitrogen and oxygen atoms in total. The molecular weight excluding hydrogens is 262 g/mol. The summed E-state index contributed by atoms with van der Waals surface area (Å²) in [4.78, 5) is 0.735. The van der Waals surface area contributed by atoms with E-state index in [9.17, 15) is 8.78 Å². The maximum absolute atomic E-state index is 13.1. The molecular formula is C13H9ClF2S. The Morgan fingerprint density at radius 3 is 2.53 bits per heavy atom. The van der Waals surface area contributed by atoms with E-state index in [2.05, 4.69) is 0 Å². The minimum atomic E-state index is -0.362. The van der Waals surface area contributed by atoms with E-state index in [1.807, 2.05) is 6.07 Å². The van der Waals surface area contributed by atoms with Gasteiger partial charge in [0, 0.05) is 15.7 Å². The van der Waals surface area contributed by atoms with Gasteiger partial charge in [-0.05, 0) is 35.9 Å². The van der Waals surface area contributed by atoms with Gasteiger partial charge in [0.2, 0.25) is 0 Å². The van der Waals surface area contributed by atoms with Gasteiger partial charge < -0.3 is 0 Å². The van der Waals surface area contributed by atoms with Crippen molar-refractivity contribution < 1.29 is 8.78 Å². The lowest BCUT2D eigenvalue weighted by Crippen LogP contribution is -1.83. The minimum Gasteiger partial charge on any atom is -0.207 e. The predicted octanol–water partition coefficient (Wildman–Crippen LogP) is 4.91. The molecule has 0 radical (unpaired) electrons. The molecule has 17 heavy (non-hydrogen) atoms. The lowest BCUT2D eigenvalue weighted by atomic mass is 10.2. The summed E-state index contributed by atoms with van der Waals surface area (Å²) in [6, 6.07) is 10.7. The highest BCUT2D eigenvalue weighted by atomic mass is 35.5. The molecule has 0 heterocycles. The van der Waals surface area contributed by atoms with Crippen molar-refractivity contribution in [3.8, 4) is 0 Å². The minimum absolute atomic E-state index is 0.264. The maximum atomic E-state index is 13.1. The molecule has 0 saturated heterocycles. The van der Waals surface area contributed by atoms with Gasteiger partial charge in [-0.2, -0.15) is 0 Å². The Kier molecular flexibility index (Phi) is 4.02. The summed E-state index contributed by atoms with van der Waals surface area (Å²) in [5, 5.41) is 0.367. The summed E-state index contributed by atoms with van der Waals surface area (Å²) in [5.41, 5.74) is 0.857. The second-order valence-corrected chi connectivity index (χ2v) is 5.01. The molecule has 2 aromatic rings. The number of benzene rings is 2. The van der Waals surface area contributed by atoms with Gasteiger partial charge >= 0.3 is 0 Å². The van der Waals surface area contributed by atoms with Crippen molar-refractivity contribution in [1.82, 2.24) is 0 Å². The van der Waals surface area contributed by atoms with Crippen molar-refractivity contribution in [3.63, 3.8) is 0 Å². The third-order valence-corrected chi connectivity index (χ3v) is 3.40. The zero-order chi connectivity index (χ0) is 12.3. The van der Waals surface area contributed by atoms with Gasteiger partial charge in [0.25, 0.3) is 0 Å². The SMILES string of the molecule is Fc1cccc(CSc2cc(F)cc(Cl)c2)c1. The molecule has 0 amide bonds. The first-order chi connectivity index (χ1) is 8.13. The Morgan fingerprint density at radius 2 is 1.82 bits per heavy atom. The molecule has 2 rings (SSSR count). The third-order valence-electron chi connectivity index (χ3n) is 2.13. The molecule has 0 atom stereocenters. The first kappa shape index (κ1) is 12.4. The van der Waals surface area contributed by atoms with E-state index in [4.69, 9.17) is 11.6 Å². The molecule has 0 N–H and O–H groups in total. The summed E-state index contributed by atoms with van der Waals surface area (Å²) in [5.74, 6) is -0.0445. The zero-order valence-electron chi connectivity index (χ0n) is 8.79. The van der Waals surface area contributed by atoms with Gasteiger partial charge in [-0.25, -0.2) is 8.78 Å². The van der Waals surface area contributed by atoms with Crippen LogP contribution in [0.4, 0.5) is 8.78 Å². The summed E-state index contributed by atoms with van der Waals surface area (Å²) in [6.45, 7) is 0. The molecule has 0 unspecified atom stereocenters. The van der Waals surface area contributed by atoms with Crippen molar-refractivity contribution in [2.75, 3.05) is 0 Å². The quantitative estimate of drug-likeness (QED) is 0.714. The fourth-order valence-corrected chi connectivity index (χ4v) is 2.61. The molecule has 0 aliphatic rings. The molecule has 0 aliphatic carbocycles. The normalized spacial score (nSPS) is 10.5. The van der Waals surface area contributed by atoms with Crippen molar-refractivity contribution >= 4 is 23.4 Å². The number of hydrogen-bond donors (Lipinski definition) is 0. The van der Waals surface area contributed by atoms with E-state index in [1.54, 1.807) is 12.1 Å². The average Bonchev–Trinajstić information content (AvgIpc) is 2.25. The second kappa shape index (κ2) is 5.52. The van der Waals surface area contributed by atoms with Crippen LogP contribution in [0.25, 0.3) is 0 Å². The summed E-state index contributed by atoms with van der Waals surface area (Å²) >= 11 is 7.16. The monoisotopic (exact) mass is 270 g/mol. The fraction of sp³-hybridized carbons (Fsp3) is 0.0769. The van der Waals surface area contributed by atoms with E-state index in [1.165, 1.54) is 36.0 Å². The molecule has 88 valence electrons. The highest BCUT2D eigenvalue weighted by Crippen LogP contribution is 2.26. The van der Waals surface area contributed by atoms with Gasteiger partial charge in [-0.3, -0.25) is 0 Å². The highest BCUT2D eigenvalue weighted by Gasteiger charge is 2.01. The molecule has 0 fully saturated rings. The van der Waals surface area contributed by atoms with Crippen LogP contribution < -0.4 is 0 Å². The fourth-order valence-electron chi connectivity index (χ4n) is 1.41. The highest BCUT2D eigenvalue weighted by molar-refractivity contribution is 7.98. The third kappa shape index (κ3) is 3.72. The molecule has 0 aliphatic heterocycles. The largest absolute Gasteiger partial charge is 0.207 e. The van der Waals surface area contributed by atoms with Crippen LogP contribution in [-0.2, 0) is 5.75 Å². The van der Waals surface area contributed by atoms with E-state index < -0.39 is 0 Å². The van der Waals surface area contributed by atoms with Crippen molar-refractivity contribution in [2.24, 2.45) is 0 Å². The van der Waals surface area contributed by atoms with Crippen molar-refractivity contribution in [3.05, 3.63) is 64.7 Å². The molecule has 2 aromatic carbocycles. The lowest BCUT2D eigenvalue weighted by Gasteiger charge is -2.03. The van der Waals surface area contributed by atoms with Gasteiger partial charge in [0.05, 0.1) is 0 Å². The van der Waals surface area contributed by atoms with Crippen LogP contribution in [0.3, 0.4) is 0 Å². The molecule has 0 bridgehead atoms. The number of halogens is 3. The Labute approximate surface area is 108 Å². The number of thioether (sulfide) groups is 1. The maximum Gasteiger partial charge on any atom is 0.125 e. The Morgan fingerprint density at radius 1 is 1.00 bits per heavy atom. The first-order valence-electron chi connectivity index (χ1n) is 4.97. The van der Waals surface area contributed by atoms with E-state index in [0.717, 1.165) is 10.5 Å². The van der Waals surface area contributed by atoms with Crippen molar-refractivity contribution in [2.45, 2.75) is 10.6 Å². The van der Waals surface area contributed by atoms with Gasteiger partial charge in [-0.1, -0.05) is 23.7 Å². The Balaban J connectivity index is 2.07. The predicted molar refractivity (Wildman–Crippen MR) is 67.4 cm³/mol.